The zero-order chi connectivity index (χ0) is 25.8. The molecule has 0 unspecified atom stereocenters. The van der Waals surface area contributed by atoms with Gasteiger partial charge in [-0.25, -0.2) is 18.8 Å². The molecular formula is C24H26FN3O6S. The van der Waals surface area contributed by atoms with Gasteiger partial charge in [0.1, 0.15) is 22.8 Å². The summed E-state index contributed by atoms with van der Waals surface area (Å²) in [5, 5.41) is 13.3. The lowest BCUT2D eigenvalue weighted by molar-refractivity contribution is -0.163. The molecule has 186 valence electrons. The van der Waals surface area contributed by atoms with Gasteiger partial charge >= 0.3 is 18.0 Å². The number of hydrogen-bond donors (Lipinski definition) is 3. The Hall–Kier alpha value is -3.60. The molecule has 0 aromatic heterocycles. The van der Waals surface area contributed by atoms with Gasteiger partial charge in [0.2, 0.25) is 5.91 Å². The molecule has 0 saturated carbocycles. The molecule has 1 heterocycles. The maximum atomic E-state index is 13.9. The molecule has 9 nitrogen and oxygen atoms in total. The smallest absolute Gasteiger partial charge is 0.335 e. The molecule has 1 saturated heterocycles. The molecule has 0 spiro atoms. The van der Waals surface area contributed by atoms with Gasteiger partial charge in [-0.1, -0.05) is 18.2 Å². The number of anilines is 1. The Labute approximate surface area is 206 Å². The molecule has 2 atom stereocenters. The predicted octanol–water partition coefficient (Wildman–Crippen LogP) is 3.63. The van der Waals surface area contributed by atoms with Crippen LogP contribution in [0.2, 0.25) is 0 Å². The molecule has 0 radical (unpaired) electrons. The van der Waals surface area contributed by atoms with E-state index in [-0.39, 0.29) is 17.0 Å². The van der Waals surface area contributed by atoms with Crippen LogP contribution in [0.4, 0.5) is 14.9 Å². The number of thioether (sulfide) groups is 1. The van der Waals surface area contributed by atoms with Crippen LogP contribution in [0.3, 0.4) is 0 Å². The van der Waals surface area contributed by atoms with E-state index in [0.717, 1.165) is 0 Å². The van der Waals surface area contributed by atoms with Crippen molar-refractivity contribution in [3.8, 4) is 0 Å². The van der Waals surface area contributed by atoms with Crippen LogP contribution in [-0.2, 0) is 14.3 Å². The minimum atomic E-state index is -1.15. The number of hydrogen-bond acceptors (Lipinski definition) is 6. The van der Waals surface area contributed by atoms with E-state index in [1.165, 1.54) is 59.1 Å². The summed E-state index contributed by atoms with van der Waals surface area (Å²) in [7, 11) is 0. The average molecular weight is 504 g/mol. The van der Waals surface area contributed by atoms with Crippen molar-refractivity contribution < 1.29 is 33.4 Å². The number of benzene rings is 2. The Morgan fingerprint density at radius 3 is 2.51 bits per heavy atom. The van der Waals surface area contributed by atoms with E-state index in [1.54, 1.807) is 26.8 Å². The Kier molecular flexibility index (Phi) is 8.00. The number of aromatic carboxylic acids is 1. The third-order valence-corrected chi connectivity index (χ3v) is 6.19. The molecule has 0 aliphatic carbocycles. The van der Waals surface area contributed by atoms with E-state index in [9.17, 15) is 23.6 Å². The number of urea groups is 1. The van der Waals surface area contributed by atoms with Crippen molar-refractivity contribution in [2.45, 2.75) is 37.8 Å². The summed E-state index contributed by atoms with van der Waals surface area (Å²) >= 11 is 1.30. The number of rotatable bonds is 6. The third-order valence-electron chi connectivity index (χ3n) is 4.87. The second-order valence-electron chi connectivity index (χ2n) is 8.78. The highest BCUT2D eigenvalue weighted by Gasteiger charge is 2.44. The average Bonchev–Trinajstić information content (AvgIpc) is 3.22. The first-order valence-electron chi connectivity index (χ1n) is 10.7. The highest BCUT2D eigenvalue weighted by atomic mass is 32.2. The maximum absolute atomic E-state index is 13.9. The van der Waals surface area contributed by atoms with Crippen LogP contribution in [0.25, 0.3) is 0 Å². The quantitative estimate of drug-likeness (QED) is 0.514. The van der Waals surface area contributed by atoms with E-state index in [1.807, 2.05) is 0 Å². The standard InChI is InChI=1S/C24H26FN3O6S/c1-24(2,3)34-22(32)18-13-35-20(14-6-4-8-16(25)10-14)28(18)19(29)12-26-23(33)27-17-9-5-7-15(11-17)21(30)31/h4-11,18,20H,12-13H2,1-3H3,(H,30,31)(H2,26,27,33)/t18-,20+/m0/s1. The number of carbonyl (C=O) groups excluding carboxylic acids is 3. The summed E-state index contributed by atoms with van der Waals surface area (Å²) in [5.41, 5.74) is -0.0398. The Morgan fingerprint density at radius 1 is 1.14 bits per heavy atom. The predicted molar refractivity (Wildman–Crippen MR) is 129 cm³/mol. The van der Waals surface area contributed by atoms with Gasteiger partial charge in [-0.2, -0.15) is 0 Å². The molecule has 3 amide bonds. The summed E-state index contributed by atoms with van der Waals surface area (Å²) < 4.78 is 19.3. The normalized spacial score (nSPS) is 17.5. The maximum Gasteiger partial charge on any atom is 0.335 e. The summed E-state index contributed by atoms with van der Waals surface area (Å²) in [4.78, 5) is 50.8. The van der Waals surface area contributed by atoms with Crippen LogP contribution in [0.15, 0.2) is 48.5 Å². The number of carbonyl (C=O) groups is 4. The van der Waals surface area contributed by atoms with Gasteiger partial charge in [0.25, 0.3) is 0 Å². The summed E-state index contributed by atoms with van der Waals surface area (Å²) in [6.45, 7) is 4.70. The van der Waals surface area contributed by atoms with E-state index < -0.39 is 53.3 Å². The number of halogens is 1. The number of carboxylic acids is 1. The zero-order valence-corrected chi connectivity index (χ0v) is 20.2. The lowest BCUT2D eigenvalue weighted by atomic mass is 10.1. The SMILES string of the molecule is CC(C)(C)OC(=O)[C@@H]1CS[C@H](c2cccc(F)c2)N1C(=O)CNC(=O)Nc1cccc(C(=O)O)c1. The first-order valence-corrected chi connectivity index (χ1v) is 11.8. The van der Waals surface area contributed by atoms with Crippen molar-refractivity contribution in [3.05, 3.63) is 65.5 Å². The molecule has 1 aliphatic heterocycles. The first kappa shape index (κ1) is 26.0. The fourth-order valence-electron chi connectivity index (χ4n) is 3.43. The van der Waals surface area contributed by atoms with E-state index >= 15 is 0 Å². The number of nitrogens with zero attached hydrogens (tertiary/aromatic N) is 1. The topological polar surface area (TPSA) is 125 Å². The van der Waals surface area contributed by atoms with Gasteiger partial charge in [0, 0.05) is 11.4 Å². The van der Waals surface area contributed by atoms with Gasteiger partial charge in [-0.05, 0) is 56.7 Å². The lowest BCUT2D eigenvalue weighted by Crippen LogP contribution is -2.49. The van der Waals surface area contributed by atoms with Crippen LogP contribution >= 0.6 is 11.8 Å². The lowest BCUT2D eigenvalue weighted by Gasteiger charge is -2.30. The Balaban J connectivity index is 1.74. The van der Waals surface area contributed by atoms with Crippen LogP contribution in [0.5, 0.6) is 0 Å². The Morgan fingerprint density at radius 2 is 1.86 bits per heavy atom. The highest BCUT2D eigenvalue weighted by Crippen LogP contribution is 2.42. The zero-order valence-electron chi connectivity index (χ0n) is 19.4. The number of carboxylic acid groups (broad SMARTS) is 1. The molecule has 0 bridgehead atoms. The molecule has 2 aromatic rings. The van der Waals surface area contributed by atoms with Gasteiger partial charge in [0.05, 0.1) is 12.1 Å². The van der Waals surface area contributed by atoms with E-state index in [2.05, 4.69) is 10.6 Å². The molecule has 11 heteroatoms. The van der Waals surface area contributed by atoms with Crippen LogP contribution in [0.1, 0.15) is 42.1 Å². The van der Waals surface area contributed by atoms with Crippen LogP contribution < -0.4 is 10.6 Å². The fraction of sp³-hybridized carbons (Fsp3) is 0.333. The molecule has 1 fully saturated rings. The molecule has 3 rings (SSSR count). The molecular weight excluding hydrogens is 477 g/mol. The van der Waals surface area contributed by atoms with E-state index in [0.29, 0.717) is 5.56 Å². The van der Waals surface area contributed by atoms with E-state index in [4.69, 9.17) is 9.84 Å². The largest absolute Gasteiger partial charge is 0.478 e. The van der Waals surface area contributed by atoms with Crippen molar-refractivity contribution in [3.63, 3.8) is 0 Å². The Bertz CT molecular complexity index is 1140. The van der Waals surface area contributed by atoms with Crippen molar-refractivity contribution in [1.82, 2.24) is 10.2 Å². The number of esters is 1. The minimum Gasteiger partial charge on any atom is -0.478 e. The number of amides is 3. The first-order chi connectivity index (χ1) is 16.4. The van der Waals surface area contributed by atoms with Gasteiger partial charge < -0.3 is 25.4 Å². The van der Waals surface area contributed by atoms with Crippen LogP contribution in [0, 0.1) is 5.82 Å². The molecule has 2 aromatic carbocycles. The van der Waals surface area contributed by atoms with Crippen LogP contribution in [-0.4, -0.2) is 57.8 Å². The molecule has 1 aliphatic rings. The van der Waals surface area contributed by atoms with Crippen molar-refractivity contribution in [1.29, 1.82) is 0 Å². The number of ether oxygens (including phenoxy) is 1. The summed E-state index contributed by atoms with van der Waals surface area (Å²) in [6, 6.07) is 9.74. The molecule has 35 heavy (non-hydrogen) atoms. The second-order valence-corrected chi connectivity index (χ2v) is 9.90. The fourth-order valence-corrected chi connectivity index (χ4v) is 4.86. The molecule has 3 N–H and O–H groups in total. The van der Waals surface area contributed by atoms with Gasteiger partial charge in [-0.3, -0.25) is 4.79 Å². The summed E-state index contributed by atoms with van der Waals surface area (Å²) in [6.07, 6.45) is 0. The monoisotopic (exact) mass is 503 g/mol. The second kappa shape index (κ2) is 10.8. The van der Waals surface area contributed by atoms with Gasteiger partial charge in [0.15, 0.2) is 0 Å². The van der Waals surface area contributed by atoms with Gasteiger partial charge in [-0.15, -0.1) is 11.8 Å². The highest BCUT2D eigenvalue weighted by molar-refractivity contribution is 7.99. The van der Waals surface area contributed by atoms with Crippen molar-refractivity contribution >= 4 is 41.3 Å². The van der Waals surface area contributed by atoms with Crippen molar-refractivity contribution in [2.75, 3.05) is 17.6 Å². The number of nitrogens with one attached hydrogen (secondary N) is 2. The van der Waals surface area contributed by atoms with Crippen molar-refractivity contribution in [2.24, 2.45) is 0 Å². The minimum absolute atomic E-state index is 0.00824. The summed E-state index contributed by atoms with van der Waals surface area (Å²) in [5.74, 6) is -2.53. The third kappa shape index (κ3) is 6.95.